The molecule has 2 aromatic heterocycles. The number of nitrogens with one attached hydrogen (secondary N) is 2. The van der Waals surface area contributed by atoms with Crippen molar-refractivity contribution in [2.45, 2.75) is 13.5 Å². The minimum atomic E-state index is -0.297. The first kappa shape index (κ1) is 19.8. The summed E-state index contributed by atoms with van der Waals surface area (Å²) < 4.78 is 1.76. The maximum absolute atomic E-state index is 11.3. The summed E-state index contributed by atoms with van der Waals surface area (Å²) in [5.41, 5.74) is 16.3. The van der Waals surface area contributed by atoms with E-state index >= 15 is 0 Å². The van der Waals surface area contributed by atoms with Gasteiger partial charge in [0.25, 0.3) is 5.56 Å². The van der Waals surface area contributed by atoms with E-state index in [2.05, 4.69) is 20.3 Å². The molecule has 2 rings (SSSR count). The molecule has 0 saturated carbocycles. The Kier molecular flexibility index (Phi) is 9.88. The molecule has 0 atom stereocenters. The molecule has 0 amide bonds. The van der Waals surface area contributed by atoms with Crippen LogP contribution in [0.15, 0.2) is 11.1 Å². The van der Waals surface area contributed by atoms with Gasteiger partial charge < -0.3 is 27.1 Å². The number of anilines is 1. The predicted molar refractivity (Wildman–Crippen MR) is 79.2 cm³/mol. The van der Waals surface area contributed by atoms with Crippen LogP contribution in [0.4, 0.5) is 5.95 Å². The number of nitrogens with zero attached hydrogens (tertiary/aromatic N) is 3. The number of nitrogens with two attached hydrogens (primary N) is 3. The van der Waals surface area contributed by atoms with Crippen molar-refractivity contribution in [3.05, 3.63) is 16.7 Å². The van der Waals surface area contributed by atoms with E-state index < -0.39 is 0 Å². The molecule has 0 fully saturated rings. The van der Waals surface area contributed by atoms with Crippen molar-refractivity contribution in [3.63, 3.8) is 0 Å². The Morgan fingerprint density at radius 1 is 1.33 bits per heavy atom. The number of aryl methyl sites for hydroxylation is 1. The summed E-state index contributed by atoms with van der Waals surface area (Å²) >= 11 is 0. The maximum Gasteiger partial charge on any atom is 0.280 e. The molecule has 0 saturated heterocycles. The Morgan fingerprint density at radius 3 is 2.48 bits per heavy atom. The molecule has 21 heavy (non-hydrogen) atoms. The van der Waals surface area contributed by atoms with Gasteiger partial charge in [0.2, 0.25) is 5.95 Å². The van der Waals surface area contributed by atoms with Crippen LogP contribution in [0.2, 0.25) is 0 Å². The fourth-order valence-corrected chi connectivity index (χ4v) is 1.53. The molecule has 10 heteroatoms. The van der Waals surface area contributed by atoms with Gasteiger partial charge in [-0.25, -0.2) is 4.98 Å². The molecular formula is C11H22AuN8O. The fourth-order valence-electron chi connectivity index (χ4n) is 1.53. The van der Waals surface area contributed by atoms with Gasteiger partial charge in [-0.2, -0.15) is 4.98 Å². The average Bonchev–Trinajstić information content (AvgIpc) is 2.83. The monoisotopic (exact) mass is 479 g/mol. The first-order valence-electron chi connectivity index (χ1n) is 6.45. The van der Waals surface area contributed by atoms with Gasteiger partial charge in [-0.3, -0.25) is 9.78 Å². The van der Waals surface area contributed by atoms with E-state index in [-0.39, 0.29) is 33.9 Å². The summed E-state index contributed by atoms with van der Waals surface area (Å²) in [6.45, 7) is 5.79. The van der Waals surface area contributed by atoms with Gasteiger partial charge in [-0.05, 0) is 6.92 Å². The number of fused-ring (bicyclic) bond motifs is 1. The van der Waals surface area contributed by atoms with Gasteiger partial charge in [-0.1, -0.05) is 0 Å². The minimum Gasteiger partial charge on any atom is -0.369 e. The third-order valence-corrected chi connectivity index (χ3v) is 2.48. The molecule has 0 aliphatic heterocycles. The van der Waals surface area contributed by atoms with Crippen LogP contribution in [0.1, 0.15) is 6.92 Å². The summed E-state index contributed by atoms with van der Waals surface area (Å²) in [4.78, 5) is 21.6. The molecule has 0 aromatic carbocycles. The van der Waals surface area contributed by atoms with Crippen LogP contribution < -0.4 is 28.1 Å². The standard InChI is InChI=1S/C7H9N5O.C4H13N3.Au/c1-2-12-3-9-4-5(12)10-7(8)11-6(4)13;5-1-3-7-4-2-6;/h3H,2H2,1H3,(H3,8,10,11,13);7H,1-6H2;. The molecule has 1 radical (unpaired) electrons. The van der Waals surface area contributed by atoms with E-state index in [0.717, 1.165) is 13.1 Å². The summed E-state index contributed by atoms with van der Waals surface area (Å²) in [6, 6.07) is 0. The predicted octanol–water partition coefficient (Wildman–Crippen LogP) is -1.79. The quantitative estimate of drug-likeness (QED) is 0.251. The molecule has 8 N–H and O–H groups in total. The first-order valence-corrected chi connectivity index (χ1v) is 6.45. The fraction of sp³-hybridized carbons (Fsp3) is 0.545. The van der Waals surface area contributed by atoms with Crippen molar-refractivity contribution < 1.29 is 22.4 Å². The molecule has 0 aliphatic carbocycles. The van der Waals surface area contributed by atoms with Gasteiger partial charge in [0.1, 0.15) is 0 Å². The molecule has 9 nitrogen and oxygen atoms in total. The Morgan fingerprint density at radius 2 is 1.95 bits per heavy atom. The second-order valence-electron chi connectivity index (χ2n) is 3.98. The van der Waals surface area contributed by atoms with Crippen molar-refractivity contribution >= 4 is 17.1 Å². The second-order valence-corrected chi connectivity index (χ2v) is 3.98. The smallest absolute Gasteiger partial charge is 0.280 e. The average molecular weight is 479 g/mol. The molecule has 2 aromatic rings. The number of hydrogen-bond acceptors (Lipinski definition) is 7. The zero-order valence-corrected chi connectivity index (χ0v) is 14.1. The molecule has 123 valence electrons. The third-order valence-electron chi connectivity index (χ3n) is 2.48. The van der Waals surface area contributed by atoms with Crippen LogP contribution >= 0.6 is 0 Å². The number of aromatic nitrogens is 4. The first-order chi connectivity index (χ1) is 9.63. The zero-order valence-electron chi connectivity index (χ0n) is 11.9. The zero-order chi connectivity index (χ0) is 15.0. The summed E-state index contributed by atoms with van der Waals surface area (Å²) in [7, 11) is 0. The van der Waals surface area contributed by atoms with Crippen LogP contribution in [0, 0.1) is 0 Å². The number of hydrogen-bond donors (Lipinski definition) is 5. The van der Waals surface area contributed by atoms with E-state index in [4.69, 9.17) is 17.2 Å². The van der Waals surface area contributed by atoms with Crippen molar-refractivity contribution in [1.29, 1.82) is 0 Å². The Hall–Kier alpha value is -1.23. The van der Waals surface area contributed by atoms with Crippen LogP contribution in [0.3, 0.4) is 0 Å². The largest absolute Gasteiger partial charge is 0.369 e. The van der Waals surface area contributed by atoms with Gasteiger partial charge in [0.05, 0.1) is 6.33 Å². The second kappa shape index (κ2) is 10.5. The molecule has 0 unspecified atom stereocenters. The Bertz CT molecular complexity index is 577. The van der Waals surface area contributed by atoms with E-state index in [1.807, 2.05) is 6.92 Å². The van der Waals surface area contributed by atoms with E-state index in [1.165, 1.54) is 0 Å². The molecular weight excluding hydrogens is 457 g/mol. The third kappa shape index (κ3) is 5.96. The summed E-state index contributed by atoms with van der Waals surface area (Å²) in [5.74, 6) is 0.118. The van der Waals surface area contributed by atoms with Crippen LogP contribution in [-0.2, 0) is 28.9 Å². The summed E-state index contributed by atoms with van der Waals surface area (Å²) in [5, 5.41) is 3.03. The molecule has 0 aliphatic rings. The summed E-state index contributed by atoms with van der Waals surface area (Å²) in [6.07, 6.45) is 1.58. The van der Waals surface area contributed by atoms with Crippen LogP contribution in [0.25, 0.3) is 11.2 Å². The van der Waals surface area contributed by atoms with Crippen molar-refractivity contribution in [2.24, 2.45) is 11.5 Å². The number of aromatic amines is 1. The number of H-pyrrole nitrogens is 1. The number of nitrogen functional groups attached to an aromatic ring is 1. The van der Waals surface area contributed by atoms with E-state index in [9.17, 15) is 4.79 Å². The van der Waals surface area contributed by atoms with Gasteiger partial charge in [-0.15, -0.1) is 0 Å². The number of rotatable bonds is 5. The molecule has 0 bridgehead atoms. The number of imidazole rings is 1. The van der Waals surface area contributed by atoms with Gasteiger partial charge >= 0.3 is 0 Å². The minimum absolute atomic E-state index is 0. The van der Waals surface area contributed by atoms with E-state index in [0.29, 0.717) is 30.8 Å². The Balaban J connectivity index is 0.000000436. The SMILES string of the molecule is CCn1cnc2c(=O)[nH]c(N)nc21.NCCNCCN.[Au]. The van der Waals surface area contributed by atoms with Gasteiger partial charge in [0, 0.05) is 55.1 Å². The van der Waals surface area contributed by atoms with Crippen molar-refractivity contribution in [2.75, 3.05) is 31.9 Å². The van der Waals surface area contributed by atoms with Crippen LogP contribution in [0.5, 0.6) is 0 Å². The normalized spacial score (nSPS) is 9.86. The maximum atomic E-state index is 11.3. The van der Waals surface area contributed by atoms with E-state index in [1.54, 1.807) is 10.9 Å². The van der Waals surface area contributed by atoms with Crippen LogP contribution in [-0.4, -0.2) is 45.7 Å². The van der Waals surface area contributed by atoms with Gasteiger partial charge in [0.15, 0.2) is 11.2 Å². The molecule has 0 spiro atoms. The Labute approximate surface area is 138 Å². The van der Waals surface area contributed by atoms with Crippen molar-refractivity contribution in [3.8, 4) is 0 Å². The molecule has 2 heterocycles. The van der Waals surface area contributed by atoms with Crippen molar-refractivity contribution in [1.82, 2.24) is 24.8 Å². The topological polar surface area (TPSA) is 154 Å².